The molecule has 31 heavy (non-hydrogen) atoms. The molecule has 0 saturated heterocycles. The Labute approximate surface area is 195 Å². The van der Waals surface area contributed by atoms with Crippen LogP contribution in [0.2, 0.25) is 5.02 Å². The van der Waals surface area contributed by atoms with Crippen LogP contribution in [0.1, 0.15) is 25.6 Å². The van der Waals surface area contributed by atoms with Gasteiger partial charge in [0.25, 0.3) is 5.91 Å². The number of nitrogens with zero attached hydrogens (tertiary/aromatic N) is 1. The van der Waals surface area contributed by atoms with E-state index in [9.17, 15) is 9.59 Å². The molecule has 4 rings (SSSR count). The molecule has 0 bridgehead atoms. The number of ether oxygens (including phenoxy) is 1. The summed E-state index contributed by atoms with van der Waals surface area (Å²) < 4.78 is 7.18. The highest BCUT2D eigenvalue weighted by Gasteiger charge is 2.18. The van der Waals surface area contributed by atoms with Gasteiger partial charge in [-0.1, -0.05) is 51.8 Å². The molecule has 154 valence electrons. The second-order valence-electron chi connectivity index (χ2n) is 6.41. The molecule has 0 aliphatic heterocycles. The molecule has 4 aromatic rings. The lowest BCUT2D eigenvalue weighted by Gasteiger charge is -2.04. The number of hydrogen-bond acceptors (Lipinski definition) is 5. The number of esters is 1. The molecule has 0 atom stereocenters. The minimum Gasteiger partial charge on any atom is -0.422 e. The Kier molecular flexibility index (Phi) is 6.46. The summed E-state index contributed by atoms with van der Waals surface area (Å²) >= 11 is 11.0. The van der Waals surface area contributed by atoms with E-state index >= 15 is 0 Å². The number of halogens is 2. The summed E-state index contributed by atoms with van der Waals surface area (Å²) in [6, 6.07) is 21.3. The summed E-state index contributed by atoms with van der Waals surface area (Å²) in [6.07, 6.45) is 1.50. The topological polar surface area (TPSA) is 67.8 Å². The van der Waals surface area contributed by atoms with Crippen molar-refractivity contribution in [1.29, 1.82) is 0 Å². The fourth-order valence-electron chi connectivity index (χ4n) is 2.78. The molecule has 0 saturated carbocycles. The third kappa shape index (κ3) is 5.02. The first-order valence-corrected chi connectivity index (χ1v) is 11.1. The molecular weight excluding hydrogens is 500 g/mol. The second-order valence-corrected chi connectivity index (χ2v) is 8.76. The van der Waals surface area contributed by atoms with Crippen molar-refractivity contribution in [1.82, 2.24) is 5.43 Å². The number of hydrazone groups is 1. The maximum atomic E-state index is 12.5. The van der Waals surface area contributed by atoms with Gasteiger partial charge in [0.05, 0.1) is 11.2 Å². The van der Waals surface area contributed by atoms with Crippen LogP contribution >= 0.6 is 38.9 Å². The van der Waals surface area contributed by atoms with E-state index in [0.717, 1.165) is 20.1 Å². The van der Waals surface area contributed by atoms with Crippen LogP contribution in [0.4, 0.5) is 0 Å². The van der Waals surface area contributed by atoms with E-state index in [1.54, 1.807) is 42.5 Å². The van der Waals surface area contributed by atoms with E-state index in [1.165, 1.54) is 17.6 Å². The number of carbonyl (C=O) groups excluding carboxylic acids is 2. The highest BCUT2D eigenvalue weighted by Crippen LogP contribution is 2.35. The predicted molar refractivity (Wildman–Crippen MR) is 127 cm³/mol. The van der Waals surface area contributed by atoms with Crippen molar-refractivity contribution in [3.8, 4) is 5.75 Å². The third-order valence-electron chi connectivity index (χ3n) is 4.28. The van der Waals surface area contributed by atoms with Crippen LogP contribution in [0.25, 0.3) is 10.1 Å². The highest BCUT2D eigenvalue weighted by atomic mass is 79.9. The maximum absolute atomic E-state index is 12.5. The predicted octanol–water partition coefficient (Wildman–Crippen LogP) is 6.30. The van der Waals surface area contributed by atoms with Gasteiger partial charge in [0.15, 0.2) is 0 Å². The zero-order valence-corrected chi connectivity index (χ0v) is 19.0. The largest absolute Gasteiger partial charge is 0.422 e. The lowest BCUT2D eigenvalue weighted by molar-refractivity contribution is 0.0739. The fraction of sp³-hybridized carbons (Fsp3) is 0. The summed E-state index contributed by atoms with van der Waals surface area (Å²) in [5.74, 6) is -0.439. The number of amides is 1. The minimum atomic E-state index is -0.506. The zero-order valence-electron chi connectivity index (χ0n) is 15.8. The van der Waals surface area contributed by atoms with Gasteiger partial charge in [-0.2, -0.15) is 5.10 Å². The van der Waals surface area contributed by atoms with Gasteiger partial charge in [-0.05, 0) is 54.1 Å². The van der Waals surface area contributed by atoms with Crippen molar-refractivity contribution < 1.29 is 14.3 Å². The van der Waals surface area contributed by atoms with Gasteiger partial charge in [0, 0.05) is 20.1 Å². The molecule has 1 N–H and O–H groups in total. The fourth-order valence-corrected chi connectivity index (χ4v) is 4.56. The number of thiophene rings is 1. The molecule has 1 amide bonds. The van der Waals surface area contributed by atoms with E-state index < -0.39 is 5.97 Å². The standard InChI is InChI=1S/C23H14BrClN2O3S/c24-16-5-3-4-15(12-16)22(28)27-26-13-14-8-10-17(11-9-14)30-23(29)21-20(25)18-6-1-2-7-19(18)31-21/h1-13H,(H,27,28). The average Bonchev–Trinajstić information content (AvgIpc) is 3.12. The Bertz CT molecular complexity index is 1300. The molecule has 0 aliphatic carbocycles. The number of hydrogen-bond donors (Lipinski definition) is 1. The average molecular weight is 514 g/mol. The number of benzene rings is 3. The molecule has 0 aliphatic rings. The lowest BCUT2D eigenvalue weighted by atomic mass is 10.2. The summed E-state index contributed by atoms with van der Waals surface area (Å²) in [7, 11) is 0. The van der Waals surface area contributed by atoms with Gasteiger partial charge in [0.1, 0.15) is 10.6 Å². The molecule has 5 nitrogen and oxygen atoms in total. The van der Waals surface area contributed by atoms with Gasteiger partial charge in [-0.25, -0.2) is 10.2 Å². The normalized spacial score (nSPS) is 11.0. The molecule has 0 spiro atoms. The number of rotatable bonds is 5. The van der Waals surface area contributed by atoms with Crippen LogP contribution in [-0.4, -0.2) is 18.1 Å². The Balaban J connectivity index is 1.38. The van der Waals surface area contributed by atoms with Crippen molar-refractivity contribution >= 4 is 67.0 Å². The monoisotopic (exact) mass is 512 g/mol. The molecule has 1 heterocycles. The quantitative estimate of drug-likeness (QED) is 0.147. The van der Waals surface area contributed by atoms with Crippen molar-refractivity contribution in [2.45, 2.75) is 0 Å². The minimum absolute atomic E-state index is 0.316. The summed E-state index contributed by atoms with van der Waals surface area (Å²) in [5, 5.41) is 5.19. The van der Waals surface area contributed by atoms with Crippen LogP contribution in [0.15, 0.2) is 82.4 Å². The molecule has 0 unspecified atom stereocenters. The van der Waals surface area contributed by atoms with Gasteiger partial charge in [-0.15, -0.1) is 11.3 Å². The van der Waals surface area contributed by atoms with E-state index in [2.05, 4.69) is 26.5 Å². The molecule has 8 heteroatoms. The second kappa shape index (κ2) is 9.43. The van der Waals surface area contributed by atoms with E-state index in [0.29, 0.717) is 21.2 Å². The molecule has 3 aromatic carbocycles. The number of fused-ring (bicyclic) bond motifs is 1. The SMILES string of the molecule is O=C(NN=Cc1ccc(OC(=O)c2sc3ccccc3c2Cl)cc1)c1cccc(Br)c1. The number of carbonyl (C=O) groups is 2. The van der Waals surface area contributed by atoms with Crippen molar-refractivity contribution in [2.75, 3.05) is 0 Å². The van der Waals surface area contributed by atoms with Crippen LogP contribution < -0.4 is 10.2 Å². The van der Waals surface area contributed by atoms with Crippen LogP contribution in [0, 0.1) is 0 Å². The van der Waals surface area contributed by atoms with Crippen LogP contribution in [0.3, 0.4) is 0 Å². The maximum Gasteiger partial charge on any atom is 0.355 e. The number of nitrogens with one attached hydrogen (secondary N) is 1. The Morgan fingerprint density at radius 3 is 2.55 bits per heavy atom. The smallest absolute Gasteiger partial charge is 0.355 e. The van der Waals surface area contributed by atoms with Crippen molar-refractivity contribution in [3.05, 3.63) is 98.3 Å². The van der Waals surface area contributed by atoms with E-state index in [-0.39, 0.29) is 5.91 Å². The van der Waals surface area contributed by atoms with E-state index in [1.807, 2.05) is 30.3 Å². The van der Waals surface area contributed by atoms with Gasteiger partial charge >= 0.3 is 5.97 Å². The van der Waals surface area contributed by atoms with Gasteiger partial charge in [0.2, 0.25) is 0 Å². The molecule has 0 radical (unpaired) electrons. The summed E-state index contributed by atoms with van der Waals surface area (Å²) in [4.78, 5) is 25.0. The Morgan fingerprint density at radius 2 is 1.81 bits per heavy atom. The van der Waals surface area contributed by atoms with E-state index in [4.69, 9.17) is 16.3 Å². The van der Waals surface area contributed by atoms with Crippen molar-refractivity contribution in [3.63, 3.8) is 0 Å². The Hall–Kier alpha value is -3.00. The lowest BCUT2D eigenvalue weighted by Crippen LogP contribution is -2.17. The van der Waals surface area contributed by atoms with Gasteiger partial charge in [-0.3, -0.25) is 4.79 Å². The zero-order chi connectivity index (χ0) is 21.8. The Morgan fingerprint density at radius 1 is 1.03 bits per heavy atom. The van der Waals surface area contributed by atoms with Crippen LogP contribution in [-0.2, 0) is 0 Å². The van der Waals surface area contributed by atoms with Crippen molar-refractivity contribution in [2.24, 2.45) is 5.10 Å². The summed E-state index contributed by atoms with van der Waals surface area (Å²) in [5.41, 5.74) is 3.70. The first-order valence-electron chi connectivity index (χ1n) is 9.09. The molecular formula is C23H14BrClN2O3S. The third-order valence-corrected chi connectivity index (χ3v) is 6.43. The first kappa shape index (κ1) is 21.2. The summed E-state index contributed by atoms with van der Waals surface area (Å²) in [6.45, 7) is 0. The highest BCUT2D eigenvalue weighted by molar-refractivity contribution is 9.10. The first-order chi connectivity index (χ1) is 15.0. The molecule has 0 fully saturated rings. The molecule has 1 aromatic heterocycles. The van der Waals surface area contributed by atoms with Crippen LogP contribution in [0.5, 0.6) is 5.75 Å². The van der Waals surface area contributed by atoms with Gasteiger partial charge < -0.3 is 4.74 Å².